The minimum absolute atomic E-state index is 0.0943. The topological polar surface area (TPSA) is 99.1 Å². The molecule has 33 heavy (non-hydrogen) atoms. The van der Waals surface area contributed by atoms with Gasteiger partial charge in [-0.15, -0.1) is 0 Å². The Bertz CT molecular complexity index is 1520. The number of phenols is 1. The summed E-state index contributed by atoms with van der Waals surface area (Å²) in [5.74, 6) is 0.447. The van der Waals surface area contributed by atoms with Gasteiger partial charge < -0.3 is 23.4 Å². The van der Waals surface area contributed by atoms with Gasteiger partial charge >= 0.3 is 0 Å². The molecule has 2 heterocycles. The summed E-state index contributed by atoms with van der Waals surface area (Å²) >= 11 is 0. The SMILES string of the molecule is COc1ccccc1-c1coc2cc3occ(-c4ccccc4OC)c(=O)c3c(O)c2c1=O. The van der Waals surface area contributed by atoms with Gasteiger partial charge in [0, 0.05) is 17.2 Å². The molecule has 0 saturated heterocycles. The molecule has 0 bridgehead atoms. The molecule has 0 aliphatic heterocycles. The summed E-state index contributed by atoms with van der Waals surface area (Å²) in [7, 11) is 2.99. The highest BCUT2D eigenvalue weighted by Crippen LogP contribution is 2.36. The fourth-order valence-corrected chi connectivity index (χ4v) is 3.97. The van der Waals surface area contributed by atoms with Crippen LogP contribution in [0.4, 0.5) is 0 Å². The Morgan fingerprint density at radius 1 is 0.667 bits per heavy atom. The zero-order valence-electron chi connectivity index (χ0n) is 17.7. The van der Waals surface area contributed by atoms with E-state index >= 15 is 0 Å². The summed E-state index contributed by atoms with van der Waals surface area (Å²) in [6.07, 6.45) is 2.60. The van der Waals surface area contributed by atoms with E-state index in [9.17, 15) is 14.7 Å². The van der Waals surface area contributed by atoms with E-state index in [1.807, 2.05) is 0 Å². The normalized spacial score (nSPS) is 11.1. The summed E-state index contributed by atoms with van der Waals surface area (Å²) in [6.45, 7) is 0. The quantitative estimate of drug-likeness (QED) is 0.393. The van der Waals surface area contributed by atoms with Crippen molar-refractivity contribution in [2.75, 3.05) is 14.2 Å². The van der Waals surface area contributed by atoms with E-state index in [1.165, 1.54) is 32.8 Å². The fourth-order valence-electron chi connectivity index (χ4n) is 3.97. The molecule has 0 unspecified atom stereocenters. The number of hydrogen-bond acceptors (Lipinski definition) is 7. The van der Waals surface area contributed by atoms with Gasteiger partial charge in [0.05, 0.1) is 25.3 Å². The molecule has 5 rings (SSSR count). The van der Waals surface area contributed by atoms with E-state index in [-0.39, 0.29) is 33.1 Å². The van der Waals surface area contributed by atoms with Crippen LogP contribution >= 0.6 is 0 Å². The van der Waals surface area contributed by atoms with Crippen LogP contribution in [0.1, 0.15) is 0 Å². The lowest BCUT2D eigenvalue weighted by Gasteiger charge is -2.11. The molecule has 0 saturated carbocycles. The minimum atomic E-state index is -0.501. The van der Waals surface area contributed by atoms with Gasteiger partial charge in [-0.3, -0.25) is 9.59 Å². The molecular weight excluding hydrogens is 424 g/mol. The molecule has 7 heteroatoms. The summed E-state index contributed by atoms with van der Waals surface area (Å²) < 4.78 is 22.0. The Balaban J connectivity index is 1.84. The Labute approximate surface area is 187 Å². The van der Waals surface area contributed by atoms with Gasteiger partial charge in [-0.25, -0.2) is 0 Å². The van der Waals surface area contributed by atoms with Crippen LogP contribution in [0, 0.1) is 0 Å². The first-order valence-electron chi connectivity index (χ1n) is 10.0. The second kappa shape index (κ2) is 7.87. The Morgan fingerprint density at radius 3 is 1.52 bits per heavy atom. The molecule has 1 N–H and O–H groups in total. The second-order valence-corrected chi connectivity index (χ2v) is 7.33. The number of rotatable bonds is 4. The summed E-state index contributed by atoms with van der Waals surface area (Å²) in [6, 6.07) is 15.4. The average Bonchev–Trinajstić information content (AvgIpc) is 2.84. The first kappa shape index (κ1) is 20.4. The zero-order valence-corrected chi connectivity index (χ0v) is 17.7. The molecule has 0 fully saturated rings. The smallest absolute Gasteiger partial charge is 0.204 e. The molecule has 0 spiro atoms. The highest BCUT2D eigenvalue weighted by Gasteiger charge is 2.22. The lowest BCUT2D eigenvalue weighted by atomic mass is 10.0. The van der Waals surface area contributed by atoms with Gasteiger partial charge in [-0.1, -0.05) is 36.4 Å². The molecule has 2 aromatic heterocycles. The Morgan fingerprint density at radius 2 is 1.09 bits per heavy atom. The van der Waals surface area contributed by atoms with Crippen molar-refractivity contribution in [2.45, 2.75) is 0 Å². The van der Waals surface area contributed by atoms with Crippen molar-refractivity contribution in [3.8, 4) is 39.5 Å². The van der Waals surface area contributed by atoms with Gasteiger partial charge in [-0.2, -0.15) is 0 Å². The van der Waals surface area contributed by atoms with Crippen LogP contribution in [0.3, 0.4) is 0 Å². The van der Waals surface area contributed by atoms with Crippen LogP contribution in [0.5, 0.6) is 17.2 Å². The minimum Gasteiger partial charge on any atom is -0.506 e. The van der Waals surface area contributed by atoms with Crippen molar-refractivity contribution in [3.63, 3.8) is 0 Å². The molecule has 7 nitrogen and oxygen atoms in total. The van der Waals surface area contributed by atoms with E-state index in [0.29, 0.717) is 22.6 Å². The fraction of sp³-hybridized carbons (Fsp3) is 0.0769. The molecule has 0 aliphatic carbocycles. The number of methoxy groups -OCH3 is 2. The number of hydrogen-bond donors (Lipinski definition) is 1. The number of fused-ring (bicyclic) bond motifs is 2. The molecule has 164 valence electrons. The van der Waals surface area contributed by atoms with Crippen LogP contribution in [0.15, 0.2) is 85.5 Å². The van der Waals surface area contributed by atoms with Crippen molar-refractivity contribution in [2.24, 2.45) is 0 Å². The van der Waals surface area contributed by atoms with E-state index < -0.39 is 16.6 Å². The highest BCUT2D eigenvalue weighted by atomic mass is 16.5. The number of phenolic OH excluding ortho intramolecular Hbond substituents is 1. The summed E-state index contributed by atoms with van der Waals surface area (Å²) in [5.41, 5.74) is 0.591. The van der Waals surface area contributed by atoms with Crippen LogP contribution in [0.2, 0.25) is 0 Å². The largest absolute Gasteiger partial charge is 0.506 e. The first-order valence-corrected chi connectivity index (χ1v) is 10.0. The maximum absolute atomic E-state index is 13.4. The maximum Gasteiger partial charge on any atom is 0.204 e. The van der Waals surface area contributed by atoms with Crippen molar-refractivity contribution in [3.05, 3.63) is 87.6 Å². The van der Waals surface area contributed by atoms with E-state index in [1.54, 1.807) is 48.5 Å². The Hall–Kier alpha value is -4.52. The molecule has 0 amide bonds. The van der Waals surface area contributed by atoms with E-state index in [4.69, 9.17) is 18.3 Å². The standard InChI is InChI=1S/C26H18O7/c1-30-18-9-5-3-7-14(18)16-12-32-20-11-21-23(26(29)22(20)24(16)27)25(28)17(13-33-21)15-8-4-6-10-19(15)31-2/h3-13,29H,1-2H3. The Kier molecular flexibility index (Phi) is 4.86. The van der Waals surface area contributed by atoms with E-state index in [0.717, 1.165) is 0 Å². The molecule has 0 radical (unpaired) electrons. The van der Waals surface area contributed by atoms with Crippen molar-refractivity contribution >= 4 is 21.9 Å². The molecule has 5 aromatic rings. The first-order chi connectivity index (χ1) is 16.0. The number of benzene rings is 3. The molecule has 3 aromatic carbocycles. The van der Waals surface area contributed by atoms with Crippen molar-refractivity contribution in [1.82, 2.24) is 0 Å². The predicted octanol–water partition coefficient (Wildman–Crippen LogP) is 4.96. The van der Waals surface area contributed by atoms with Crippen LogP contribution in [-0.2, 0) is 0 Å². The van der Waals surface area contributed by atoms with Gasteiger partial charge in [0.15, 0.2) is 0 Å². The van der Waals surface area contributed by atoms with Crippen molar-refractivity contribution in [1.29, 1.82) is 0 Å². The third-order valence-electron chi connectivity index (χ3n) is 5.57. The summed E-state index contributed by atoms with van der Waals surface area (Å²) in [4.78, 5) is 26.8. The third kappa shape index (κ3) is 3.13. The number of ether oxygens (including phenoxy) is 2. The summed E-state index contributed by atoms with van der Waals surface area (Å²) in [5, 5.41) is 10.9. The molecular formula is C26H18O7. The van der Waals surface area contributed by atoms with Crippen LogP contribution in [-0.4, -0.2) is 19.3 Å². The average molecular weight is 442 g/mol. The van der Waals surface area contributed by atoms with E-state index in [2.05, 4.69) is 0 Å². The van der Waals surface area contributed by atoms with Crippen LogP contribution in [0.25, 0.3) is 44.2 Å². The molecule has 0 atom stereocenters. The zero-order chi connectivity index (χ0) is 23.1. The van der Waals surface area contributed by atoms with Gasteiger partial charge in [0.25, 0.3) is 0 Å². The van der Waals surface area contributed by atoms with Gasteiger partial charge in [0.2, 0.25) is 10.9 Å². The second-order valence-electron chi connectivity index (χ2n) is 7.33. The van der Waals surface area contributed by atoms with Crippen LogP contribution < -0.4 is 20.3 Å². The maximum atomic E-state index is 13.4. The monoisotopic (exact) mass is 442 g/mol. The molecule has 0 aliphatic rings. The van der Waals surface area contributed by atoms with Gasteiger partial charge in [0.1, 0.15) is 51.7 Å². The highest BCUT2D eigenvalue weighted by molar-refractivity contribution is 6.02. The lowest BCUT2D eigenvalue weighted by Crippen LogP contribution is -2.10. The third-order valence-corrected chi connectivity index (χ3v) is 5.57. The lowest BCUT2D eigenvalue weighted by molar-refractivity contribution is 0.416. The predicted molar refractivity (Wildman–Crippen MR) is 124 cm³/mol. The van der Waals surface area contributed by atoms with Gasteiger partial charge in [-0.05, 0) is 12.1 Å². The van der Waals surface area contributed by atoms with Crippen molar-refractivity contribution < 1.29 is 23.4 Å². The number of aromatic hydroxyl groups is 1. The number of para-hydroxylation sites is 2.